The summed E-state index contributed by atoms with van der Waals surface area (Å²) in [5, 5.41) is 10.7. The van der Waals surface area contributed by atoms with E-state index in [9.17, 15) is 5.11 Å². The quantitative estimate of drug-likeness (QED) is 0.724. The molecule has 1 aromatic carbocycles. The number of hydrogen-bond donors (Lipinski definition) is 1. The van der Waals surface area contributed by atoms with Gasteiger partial charge in [-0.1, -0.05) is 66.2 Å². The Morgan fingerprint density at radius 2 is 2.06 bits per heavy atom. The van der Waals surface area contributed by atoms with Crippen LogP contribution in [-0.2, 0) is 0 Å². The fourth-order valence-electron chi connectivity index (χ4n) is 1.69. The fourth-order valence-corrected chi connectivity index (χ4v) is 2.64. The Hall–Kier alpha value is -0.0500. The molecular formula is C13H18BrClO. The van der Waals surface area contributed by atoms with Crippen molar-refractivity contribution in [2.24, 2.45) is 0 Å². The molecule has 0 aliphatic heterocycles. The first-order valence-corrected chi connectivity index (χ1v) is 6.95. The first-order chi connectivity index (χ1) is 7.65. The van der Waals surface area contributed by atoms with Gasteiger partial charge in [-0.05, 0) is 24.1 Å². The van der Waals surface area contributed by atoms with Crippen molar-refractivity contribution in [3.63, 3.8) is 0 Å². The van der Waals surface area contributed by atoms with Gasteiger partial charge in [-0.3, -0.25) is 0 Å². The molecule has 3 heteroatoms. The second-order valence-electron chi connectivity index (χ2n) is 4.03. The third-order valence-corrected chi connectivity index (χ3v) is 3.57. The molecule has 90 valence electrons. The topological polar surface area (TPSA) is 20.2 Å². The highest BCUT2D eigenvalue weighted by Crippen LogP contribution is 2.29. The van der Waals surface area contributed by atoms with Gasteiger partial charge in [0.1, 0.15) is 0 Å². The number of unbranched alkanes of at least 4 members (excludes halogenated alkanes) is 3. The van der Waals surface area contributed by atoms with E-state index in [1.807, 2.05) is 18.2 Å². The fraction of sp³-hybridized carbons (Fsp3) is 0.538. The van der Waals surface area contributed by atoms with Crippen LogP contribution in [0.3, 0.4) is 0 Å². The number of aliphatic hydroxyl groups excluding tert-OH is 1. The van der Waals surface area contributed by atoms with Crippen LogP contribution in [0.1, 0.15) is 50.7 Å². The van der Waals surface area contributed by atoms with Crippen LogP contribution < -0.4 is 0 Å². The zero-order valence-electron chi connectivity index (χ0n) is 9.55. The van der Waals surface area contributed by atoms with Crippen LogP contribution in [-0.4, -0.2) is 5.11 Å². The van der Waals surface area contributed by atoms with Crippen LogP contribution in [0, 0.1) is 0 Å². The van der Waals surface area contributed by atoms with Crippen molar-refractivity contribution in [2.45, 2.75) is 45.1 Å². The van der Waals surface area contributed by atoms with Crippen LogP contribution in [0.15, 0.2) is 22.7 Å². The molecule has 0 spiro atoms. The van der Waals surface area contributed by atoms with Crippen LogP contribution in [0.2, 0.25) is 5.02 Å². The molecule has 1 aromatic rings. The number of benzene rings is 1. The van der Waals surface area contributed by atoms with E-state index in [2.05, 4.69) is 22.9 Å². The van der Waals surface area contributed by atoms with Crippen molar-refractivity contribution in [1.29, 1.82) is 0 Å². The van der Waals surface area contributed by atoms with Gasteiger partial charge in [0.25, 0.3) is 0 Å². The van der Waals surface area contributed by atoms with Gasteiger partial charge in [0.05, 0.1) is 6.10 Å². The molecule has 0 amide bonds. The summed E-state index contributed by atoms with van der Waals surface area (Å²) < 4.78 is 0.892. The van der Waals surface area contributed by atoms with Gasteiger partial charge in [-0.2, -0.15) is 0 Å². The zero-order chi connectivity index (χ0) is 12.0. The highest BCUT2D eigenvalue weighted by Gasteiger charge is 2.10. The van der Waals surface area contributed by atoms with E-state index in [1.54, 1.807) is 0 Å². The molecule has 1 atom stereocenters. The van der Waals surface area contributed by atoms with Crippen molar-refractivity contribution in [3.8, 4) is 0 Å². The lowest BCUT2D eigenvalue weighted by Gasteiger charge is -2.12. The number of halogens is 2. The average Bonchev–Trinajstić information content (AvgIpc) is 2.24. The lowest BCUT2D eigenvalue weighted by Crippen LogP contribution is -1.98. The predicted molar refractivity (Wildman–Crippen MR) is 72.9 cm³/mol. The highest BCUT2D eigenvalue weighted by molar-refractivity contribution is 9.10. The van der Waals surface area contributed by atoms with E-state index in [-0.39, 0.29) is 6.10 Å². The van der Waals surface area contributed by atoms with E-state index in [0.29, 0.717) is 5.02 Å². The van der Waals surface area contributed by atoms with Crippen LogP contribution in [0.4, 0.5) is 0 Å². The summed E-state index contributed by atoms with van der Waals surface area (Å²) in [6, 6.07) is 5.53. The number of hydrogen-bond acceptors (Lipinski definition) is 1. The summed E-state index contributed by atoms with van der Waals surface area (Å²) in [6.45, 7) is 2.19. The molecule has 0 heterocycles. The average molecular weight is 306 g/mol. The molecule has 1 rings (SSSR count). The Labute approximate surface area is 111 Å². The molecule has 0 bridgehead atoms. The largest absolute Gasteiger partial charge is 0.388 e. The Kier molecular flexibility index (Phi) is 6.40. The second kappa shape index (κ2) is 7.31. The second-order valence-corrected chi connectivity index (χ2v) is 5.32. The van der Waals surface area contributed by atoms with Crippen LogP contribution >= 0.6 is 27.5 Å². The molecule has 0 saturated carbocycles. The summed E-state index contributed by atoms with van der Waals surface area (Å²) in [7, 11) is 0. The third kappa shape index (κ3) is 4.44. The smallest absolute Gasteiger partial charge is 0.0801 e. The molecule has 1 unspecified atom stereocenters. The first-order valence-electron chi connectivity index (χ1n) is 5.78. The van der Waals surface area contributed by atoms with E-state index in [4.69, 9.17) is 11.6 Å². The molecule has 0 aliphatic rings. The third-order valence-electron chi connectivity index (χ3n) is 2.65. The number of rotatable bonds is 6. The normalized spacial score (nSPS) is 12.8. The lowest BCUT2D eigenvalue weighted by atomic mass is 10.0. The molecule has 1 N–H and O–H groups in total. The Balaban J connectivity index is 2.49. The van der Waals surface area contributed by atoms with Crippen molar-refractivity contribution in [2.75, 3.05) is 0 Å². The lowest BCUT2D eigenvalue weighted by molar-refractivity contribution is 0.162. The van der Waals surface area contributed by atoms with Crippen LogP contribution in [0.25, 0.3) is 0 Å². The Bertz CT molecular complexity index is 328. The Morgan fingerprint density at radius 1 is 1.31 bits per heavy atom. The number of aliphatic hydroxyl groups is 1. The molecule has 0 saturated heterocycles. The molecular weight excluding hydrogens is 287 g/mol. The predicted octanol–water partition coefficient (Wildman–Crippen LogP) is 5.11. The standard InChI is InChI=1S/C13H18BrClO/c1-2-3-4-5-6-13(16)11-8-7-10(15)9-12(11)14/h7-9,13,16H,2-6H2,1H3. The monoisotopic (exact) mass is 304 g/mol. The van der Waals surface area contributed by atoms with Gasteiger partial charge in [-0.15, -0.1) is 0 Å². The maximum absolute atomic E-state index is 10.0. The van der Waals surface area contributed by atoms with Gasteiger partial charge in [0.15, 0.2) is 0 Å². The summed E-state index contributed by atoms with van der Waals surface area (Å²) in [4.78, 5) is 0. The molecule has 16 heavy (non-hydrogen) atoms. The minimum absolute atomic E-state index is 0.386. The van der Waals surface area contributed by atoms with Crippen molar-refractivity contribution in [3.05, 3.63) is 33.3 Å². The summed E-state index contributed by atoms with van der Waals surface area (Å²) in [5.41, 5.74) is 0.931. The minimum Gasteiger partial charge on any atom is -0.388 e. The molecule has 0 radical (unpaired) electrons. The van der Waals surface area contributed by atoms with Gasteiger partial charge in [0, 0.05) is 9.50 Å². The summed E-state index contributed by atoms with van der Waals surface area (Å²) in [5.74, 6) is 0. The summed E-state index contributed by atoms with van der Waals surface area (Å²) >= 11 is 9.28. The molecule has 0 fully saturated rings. The molecule has 0 aromatic heterocycles. The van der Waals surface area contributed by atoms with E-state index in [1.165, 1.54) is 19.3 Å². The van der Waals surface area contributed by atoms with Gasteiger partial charge < -0.3 is 5.11 Å². The molecule has 1 nitrogen and oxygen atoms in total. The van der Waals surface area contributed by atoms with Crippen molar-refractivity contribution in [1.82, 2.24) is 0 Å². The summed E-state index contributed by atoms with van der Waals surface area (Å²) in [6.07, 6.45) is 5.17. The maximum Gasteiger partial charge on any atom is 0.0801 e. The maximum atomic E-state index is 10.0. The minimum atomic E-state index is -0.386. The molecule has 0 aliphatic carbocycles. The van der Waals surface area contributed by atoms with Crippen molar-refractivity contribution < 1.29 is 5.11 Å². The van der Waals surface area contributed by atoms with Crippen LogP contribution in [0.5, 0.6) is 0 Å². The zero-order valence-corrected chi connectivity index (χ0v) is 11.9. The SMILES string of the molecule is CCCCCCC(O)c1ccc(Cl)cc1Br. The van der Waals surface area contributed by atoms with Crippen molar-refractivity contribution >= 4 is 27.5 Å². The van der Waals surface area contributed by atoms with E-state index >= 15 is 0 Å². The van der Waals surface area contributed by atoms with Gasteiger partial charge in [0.2, 0.25) is 0 Å². The van der Waals surface area contributed by atoms with E-state index < -0.39 is 0 Å². The highest BCUT2D eigenvalue weighted by atomic mass is 79.9. The van der Waals surface area contributed by atoms with E-state index in [0.717, 1.165) is 22.9 Å². The van der Waals surface area contributed by atoms with Gasteiger partial charge in [-0.25, -0.2) is 0 Å². The first kappa shape index (κ1) is 14.0. The Morgan fingerprint density at radius 3 is 2.69 bits per heavy atom. The van der Waals surface area contributed by atoms with Gasteiger partial charge >= 0.3 is 0 Å².